The molecule has 0 radical (unpaired) electrons. The van der Waals surface area contributed by atoms with Gasteiger partial charge in [0.05, 0.1) is 44.5 Å². The number of phenolic OH excluding ortho intramolecular Hbond substituents is 1. The van der Waals surface area contributed by atoms with E-state index in [2.05, 4.69) is 48.9 Å². The van der Waals surface area contributed by atoms with E-state index in [1.807, 2.05) is 72.8 Å². The number of rotatable bonds is 13. The number of hydrogen-bond acceptors (Lipinski definition) is 7. The van der Waals surface area contributed by atoms with Crippen LogP contribution in [0.3, 0.4) is 0 Å². The Morgan fingerprint density at radius 1 is 0.909 bits per heavy atom. The van der Waals surface area contributed by atoms with Crippen LogP contribution >= 0.6 is 0 Å². The first-order valence-electron chi connectivity index (χ1n) is 18.9. The minimum Gasteiger partial charge on any atom is -0.506 e. The average Bonchev–Trinajstić information content (AvgIpc) is 3.15. The maximum absolute atomic E-state index is 13.0. The smallest absolute Gasteiger partial charge is 0.411 e. The van der Waals surface area contributed by atoms with Gasteiger partial charge in [-0.1, -0.05) is 60.7 Å². The van der Waals surface area contributed by atoms with E-state index in [1.165, 1.54) is 12.1 Å². The number of nitrogens with zero attached hydrogens (tertiary/aromatic N) is 1. The van der Waals surface area contributed by atoms with Crippen molar-refractivity contribution >= 4 is 34.3 Å². The van der Waals surface area contributed by atoms with Crippen LogP contribution in [0.4, 0.5) is 16.2 Å². The Balaban J connectivity index is 1.01. The third-order valence-electron chi connectivity index (χ3n) is 10.4. The van der Waals surface area contributed by atoms with E-state index >= 15 is 0 Å². The van der Waals surface area contributed by atoms with Crippen LogP contribution < -0.4 is 21.5 Å². The lowest BCUT2D eigenvalue weighted by molar-refractivity contribution is -0.896. The van der Waals surface area contributed by atoms with E-state index in [-0.39, 0.29) is 41.8 Å². The standard InChI is InChI=1S/C44H51N5O6/c1-44(2,45-28-39(51)35-17-19-38(50)42-36(35)18-21-41(53)48-42)27-30-10-14-32(15-11-30)46-40(52)20-13-29-12-16-34(31-8-6-5-7-9-31)37(26-29)47-43(54)55-33-22-24-49(3,4)25-23-33/h5-12,14-19,21,26,33,39,45,51H,13,20,22-25,27-28H2,1-4H3,(H3-,46,47,48,50,52,53,54)/p+1/t39-/m1/s1. The van der Waals surface area contributed by atoms with E-state index in [0.717, 1.165) is 52.7 Å². The summed E-state index contributed by atoms with van der Waals surface area (Å²) < 4.78 is 6.75. The number of hydrogen-bond donors (Lipinski definition) is 6. The number of piperidine rings is 1. The third kappa shape index (κ3) is 10.6. The van der Waals surface area contributed by atoms with Gasteiger partial charge in [0, 0.05) is 54.0 Å². The Morgan fingerprint density at radius 3 is 2.35 bits per heavy atom. The lowest BCUT2D eigenvalue weighted by Crippen LogP contribution is -2.48. The fourth-order valence-corrected chi connectivity index (χ4v) is 7.16. The molecule has 11 heteroatoms. The van der Waals surface area contributed by atoms with E-state index in [0.29, 0.717) is 40.7 Å². The van der Waals surface area contributed by atoms with E-state index < -0.39 is 12.2 Å². The van der Waals surface area contributed by atoms with Crippen molar-refractivity contribution in [3.63, 3.8) is 0 Å². The molecule has 11 nitrogen and oxygen atoms in total. The second-order valence-electron chi connectivity index (χ2n) is 15.8. The molecule has 6 N–H and O–H groups in total. The van der Waals surface area contributed by atoms with Crippen molar-refractivity contribution in [2.75, 3.05) is 44.4 Å². The molecule has 1 atom stereocenters. The molecule has 4 aromatic carbocycles. The number of quaternary nitrogens is 1. The summed E-state index contributed by atoms with van der Waals surface area (Å²) in [6.07, 6.45) is 1.63. The number of anilines is 2. The Labute approximate surface area is 322 Å². The number of aliphatic hydroxyl groups is 1. The van der Waals surface area contributed by atoms with Crippen molar-refractivity contribution in [1.82, 2.24) is 10.3 Å². The Hall–Kier alpha value is -5.49. The number of aromatic nitrogens is 1. The van der Waals surface area contributed by atoms with Crippen molar-refractivity contribution in [2.24, 2.45) is 0 Å². The SMILES string of the molecule is CC(C)(Cc1ccc(NC(=O)CCc2ccc(-c3ccccc3)c(NC(=O)OC3CC[N+](C)(C)CC3)c2)cc1)NC[C@@H](O)c1ccc(O)c2[nH]c(=O)ccc12. The van der Waals surface area contributed by atoms with Gasteiger partial charge in [-0.25, -0.2) is 4.79 Å². The van der Waals surface area contributed by atoms with E-state index in [4.69, 9.17) is 4.74 Å². The zero-order chi connectivity index (χ0) is 39.2. The molecule has 55 heavy (non-hydrogen) atoms. The normalized spacial score (nSPS) is 15.0. The average molecular weight is 747 g/mol. The number of aryl methyl sites for hydroxylation is 1. The maximum Gasteiger partial charge on any atom is 0.411 e. The quantitative estimate of drug-likeness (QED) is 0.0717. The third-order valence-corrected chi connectivity index (χ3v) is 10.4. The number of β-amino-alcohol motifs (C(OH)–C–C–N with tert-alkyl or cyclic N) is 1. The minimum atomic E-state index is -0.870. The van der Waals surface area contributed by atoms with Gasteiger partial charge in [0.2, 0.25) is 11.5 Å². The predicted octanol–water partition coefficient (Wildman–Crippen LogP) is 6.90. The van der Waals surface area contributed by atoms with Crippen molar-refractivity contribution in [3.8, 4) is 16.9 Å². The van der Waals surface area contributed by atoms with Crippen LogP contribution in [0.25, 0.3) is 22.0 Å². The molecule has 5 aromatic rings. The summed E-state index contributed by atoms with van der Waals surface area (Å²) in [5.74, 6) is -0.167. The van der Waals surface area contributed by atoms with Gasteiger partial charge in [0.25, 0.3) is 0 Å². The number of nitrogens with one attached hydrogen (secondary N) is 4. The molecule has 2 amide bonds. The fourth-order valence-electron chi connectivity index (χ4n) is 7.16. The molecule has 0 unspecified atom stereocenters. The molecule has 288 valence electrons. The second kappa shape index (κ2) is 16.9. The summed E-state index contributed by atoms with van der Waals surface area (Å²) in [5.41, 5.74) is 5.38. The molecule has 6 rings (SSSR count). The number of benzene rings is 4. The fraction of sp³-hybridized carbons (Fsp3) is 0.341. The summed E-state index contributed by atoms with van der Waals surface area (Å²) in [7, 11) is 4.38. The lowest BCUT2D eigenvalue weighted by atomic mass is 9.94. The minimum absolute atomic E-state index is 0.0503. The molecule has 2 heterocycles. The van der Waals surface area contributed by atoms with Gasteiger partial charge in [-0.3, -0.25) is 14.9 Å². The summed E-state index contributed by atoms with van der Waals surface area (Å²) >= 11 is 0. The van der Waals surface area contributed by atoms with Gasteiger partial charge in [0.15, 0.2) is 0 Å². The molecule has 1 aliphatic heterocycles. The van der Waals surface area contributed by atoms with Gasteiger partial charge >= 0.3 is 6.09 Å². The Bertz CT molecular complexity index is 2170. The van der Waals surface area contributed by atoms with Crippen molar-refractivity contribution in [2.45, 2.75) is 63.7 Å². The molecule has 1 aliphatic rings. The number of phenols is 1. The lowest BCUT2D eigenvalue weighted by Gasteiger charge is -2.36. The number of likely N-dealkylation sites (tertiary alicyclic amines) is 1. The number of pyridine rings is 1. The van der Waals surface area contributed by atoms with E-state index in [1.54, 1.807) is 12.1 Å². The topological polar surface area (TPSA) is 153 Å². The number of fused-ring (bicyclic) bond motifs is 1. The largest absolute Gasteiger partial charge is 0.506 e. The van der Waals surface area contributed by atoms with Gasteiger partial charge in [-0.05, 0) is 79.3 Å². The maximum atomic E-state index is 13.0. The first kappa shape index (κ1) is 39.2. The molecule has 0 saturated carbocycles. The Morgan fingerprint density at radius 2 is 1.62 bits per heavy atom. The number of aromatic amines is 1. The van der Waals surface area contributed by atoms with Crippen LogP contribution in [0.5, 0.6) is 5.75 Å². The summed E-state index contributed by atoms with van der Waals surface area (Å²) in [6.45, 7) is 6.29. The molecule has 0 spiro atoms. The molecule has 0 aliphatic carbocycles. The van der Waals surface area contributed by atoms with Gasteiger partial charge in [-0.15, -0.1) is 0 Å². The number of H-pyrrole nitrogens is 1. The van der Waals surface area contributed by atoms with Crippen LogP contribution in [-0.2, 0) is 22.4 Å². The van der Waals surface area contributed by atoms with Crippen molar-refractivity contribution < 1.29 is 29.0 Å². The molecule has 1 aromatic heterocycles. The molecular formula is C44H52N5O6+. The highest BCUT2D eigenvalue weighted by atomic mass is 16.6. The summed E-state index contributed by atoms with van der Waals surface area (Å²) in [6, 6.07) is 29.6. The van der Waals surface area contributed by atoms with E-state index in [9.17, 15) is 24.6 Å². The number of carbonyl (C=O) groups is 2. The zero-order valence-electron chi connectivity index (χ0n) is 32.0. The van der Waals surface area contributed by atoms with Gasteiger partial charge < -0.3 is 35.1 Å². The highest BCUT2D eigenvalue weighted by molar-refractivity contribution is 5.93. The molecule has 0 bridgehead atoms. The summed E-state index contributed by atoms with van der Waals surface area (Å²) in [4.78, 5) is 40.5. The first-order chi connectivity index (χ1) is 26.2. The first-order valence-corrected chi connectivity index (χ1v) is 18.9. The number of aliphatic hydroxyl groups excluding tert-OH is 1. The van der Waals surface area contributed by atoms with Gasteiger partial charge in [-0.2, -0.15) is 0 Å². The van der Waals surface area contributed by atoms with Crippen LogP contribution in [0.2, 0.25) is 0 Å². The number of aromatic hydroxyl groups is 1. The molecule has 1 saturated heterocycles. The van der Waals surface area contributed by atoms with Gasteiger partial charge in [0.1, 0.15) is 11.9 Å². The molecular weight excluding hydrogens is 695 g/mol. The second-order valence-corrected chi connectivity index (χ2v) is 15.8. The highest BCUT2D eigenvalue weighted by Crippen LogP contribution is 2.31. The number of carbonyl (C=O) groups excluding carboxylic acids is 2. The Kier molecular flexibility index (Phi) is 12.0. The van der Waals surface area contributed by atoms with Crippen molar-refractivity contribution in [3.05, 3.63) is 124 Å². The summed E-state index contributed by atoms with van der Waals surface area (Å²) in [5, 5.41) is 31.2. The van der Waals surface area contributed by atoms with Crippen molar-refractivity contribution in [1.29, 1.82) is 0 Å². The van der Waals surface area contributed by atoms with Crippen LogP contribution in [0, 0.1) is 0 Å². The highest BCUT2D eigenvalue weighted by Gasteiger charge is 2.29. The zero-order valence-corrected chi connectivity index (χ0v) is 32.0. The van der Waals surface area contributed by atoms with Crippen LogP contribution in [0.1, 0.15) is 55.9 Å². The number of amides is 2. The molecule has 1 fully saturated rings. The number of ether oxygens (including phenoxy) is 1. The van der Waals surface area contributed by atoms with Crippen LogP contribution in [0.15, 0.2) is 102 Å². The van der Waals surface area contributed by atoms with Crippen LogP contribution in [-0.4, -0.2) is 77.1 Å². The predicted molar refractivity (Wildman–Crippen MR) is 217 cm³/mol. The monoisotopic (exact) mass is 746 g/mol.